The van der Waals surface area contributed by atoms with E-state index in [0.29, 0.717) is 11.4 Å². The number of benzene rings is 2. The zero-order valence-electron chi connectivity index (χ0n) is 14.7. The molecule has 0 bridgehead atoms. The van der Waals surface area contributed by atoms with Gasteiger partial charge in [-0.2, -0.15) is 0 Å². The van der Waals surface area contributed by atoms with Crippen molar-refractivity contribution in [3.05, 3.63) is 54.3 Å². The lowest BCUT2D eigenvalue weighted by molar-refractivity contribution is -0.132. The highest BCUT2D eigenvalue weighted by molar-refractivity contribution is 6.43. The Balaban J connectivity index is 1.55. The topological polar surface area (TPSA) is 61.4 Å². The van der Waals surface area contributed by atoms with Crippen molar-refractivity contribution in [3.8, 4) is 0 Å². The molecule has 0 atom stereocenters. The number of hydrogen-bond acceptors (Lipinski definition) is 3. The van der Waals surface area contributed by atoms with Gasteiger partial charge in [0.1, 0.15) is 5.82 Å². The Morgan fingerprint density at radius 2 is 1.35 bits per heavy atom. The van der Waals surface area contributed by atoms with Gasteiger partial charge >= 0.3 is 11.8 Å². The maximum Gasteiger partial charge on any atom is 0.314 e. The van der Waals surface area contributed by atoms with Gasteiger partial charge < -0.3 is 15.5 Å². The Labute approximate surface area is 152 Å². The van der Waals surface area contributed by atoms with Crippen molar-refractivity contribution in [2.75, 3.05) is 28.6 Å². The Kier molecular flexibility index (Phi) is 5.51. The second-order valence-electron chi connectivity index (χ2n) is 6.63. The van der Waals surface area contributed by atoms with Gasteiger partial charge in [0, 0.05) is 30.2 Å². The number of piperidine rings is 1. The Hall–Kier alpha value is -2.89. The molecule has 0 spiro atoms. The number of halogens is 1. The van der Waals surface area contributed by atoms with Gasteiger partial charge in [-0.25, -0.2) is 4.39 Å². The van der Waals surface area contributed by atoms with Gasteiger partial charge in [0.2, 0.25) is 0 Å². The highest BCUT2D eigenvalue weighted by Crippen LogP contribution is 2.24. The highest BCUT2D eigenvalue weighted by atomic mass is 19.1. The molecule has 1 aliphatic rings. The molecule has 26 heavy (non-hydrogen) atoms. The first kappa shape index (κ1) is 17.9. The first-order valence-corrected chi connectivity index (χ1v) is 8.74. The predicted octanol–water partition coefficient (Wildman–Crippen LogP) is 3.64. The van der Waals surface area contributed by atoms with Gasteiger partial charge in [0.15, 0.2) is 0 Å². The van der Waals surface area contributed by atoms with E-state index < -0.39 is 17.6 Å². The predicted molar refractivity (Wildman–Crippen MR) is 101 cm³/mol. The summed E-state index contributed by atoms with van der Waals surface area (Å²) in [6.45, 7) is 4.34. The summed E-state index contributed by atoms with van der Waals surface area (Å²) in [5.74, 6) is -1.21. The van der Waals surface area contributed by atoms with Gasteiger partial charge in [0.05, 0.1) is 0 Å². The monoisotopic (exact) mass is 355 g/mol. The number of anilines is 3. The van der Waals surface area contributed by atoms with E-state index in [9.17, 15) is 14.0 Å². The third-order valence-corrected chi connectivity index (χ3v) is 4.58. The normalized spacial score (nSPS) is 14.8. The van der Waals surface area contributed by atoms with Crippen LogP contribution in [0.2, 0.25) is 0 Å². The minimum absolute atomic E-state index is 0.362. The van der Waals surface area contributed by atoms with Crippen LogP contribution in [0.5, 0.6) is 0 Å². The molecular formula is C20H22FN3O2. The van der Waals surface area contributed by atoms with E-state index in [1.54, 1.807) is 12.1 Å². The molecule has 1 heterocycles. The van der Waals surface area contributed by atoms with Crippen LogP contribution in [-0.4, -0.2) is 24.9 Å². The van der Waals surface area contributed by atoms with Gasteiger partial charge in [0.25, 0.3) is 0 Å². The van der Waals surface area contributed by atoms with E-state index in [0.717, 1.165) is 24.7 Å². The van der Waals surface area contributed by atoms with Crippen molar-refractivity contribution in [2.45, 2.75) is 19.8 Å². The molecule has 0 aliphatic carbocycles. The molecule has 6 heteroatoms. The van der Waals surface area contributed by atoms with Crippen molar-refractivity contribution in [3.63, 3.8) is 0 Å². The molecule has 2 aromatic rings. The third kappa shape index (κ3) is 4.59. The number of nitrogens with zero attached hydrogens (tertiary/aromatic N) is 1. The fraction of sp³-hybridized carbons (Fsp3) is 0.300. The second-order valence-corrected chi connectivity index (χ2v) is 6.63. The lowest BCUT2D eigenvalue weighted by atomic mass is 9.99. The molecule has 2 amide bonds. The Bertz CT molecular complexity index is 767. The molecular weight excluding hydrogens is 333 g/mol. The van der Waals surface area contributed by atoms with Crippen molar-refractivity contribution in [1.82, 2.24) is 0 Å². The first-order chi connectivity index (χ1) is 12.5. The van der Waals surface area contributed by atoms with Crippen LogP contribution >= 0.6 is 0 Å². The average molecular weight is 355 g/mol. The standard InChI is InChI=1S/C20H22FN3O2/c1-14-10-12-24(13-11-14)18-8-6-17(7-9-18)23-20(26)19(25)22-16-4-2-15(21)3-5-16/h2-9,14H,10-13H2,1H3,(H,22,25)(H,23,26). The maximum atomic E-state index is 12.9. The molecule has 0 unspecified atom stereocenters. The zero-order valence-corrected chi connectivity index (χ0v) is 14.7. The van der Waals surface area contributed by atoms with E-state index in [2.05, 4.69) is 22.5 Å². The van der Waals surface area contributed by atoms with Crippen LogP contribution in [0.25, 0.3) is 0 Å². The fourth-order valence-corrected chi connectivity index (χ4v) is 2.93. The average Bonchev–Trinajstić information content (AvgIpc) is 2.65. The van der Waals surface area contributed by atoms with E-state index in [4.69, 9.17) is 0 Å². The van der Waals surface area contributed by atoms with Crippen LogP contribution in [0, 0.1) is 11.7 Å². The summed E-state index contributed by atoms with van der Waals surface area (Å²) in [6.07, 6.45) is 2.37. The molecule has 1 saturated heterocycles. The quantitative estimate of drug-likeness (QED) is 0.827. The molecule has 5 nitrogen and oxygen atoms in total. The van der Waals surface area contributed by atoms with Crippen LogP contribution in [0.3, 0.4) is 0 Å². The number of nitrogens with one attached hydrogen (secondary N) is 2. The van der Waals surface area contributed by atoms with Gasteiger partial charge in [-0.15, -0.1) is 0 Å². The van der Waals surface area contributed by atoms with Crippen LogP contribution < -0.4 is 15.5 Å². The van der Waals surface area contributed by atoms with Crippen LogP contribution in [0.15, 0.2) is 48.5 Å². The summed E-state index contributed by atoms with van der Waals surface area (Å²) in [5, 5.41) is 5.00. The summed E-state index contributed by atoms with van der Waals surface area (Å²) in [7, 11) is 0. The Morgan fingerprint density at radius 1 is 0.885 bits per heavy atom. The SMILES string of the molecule is CC1CCN(c2ccc(NC(=O)C(=O)Nc3ccc(F)cc3)cc2)CC1. The number of carbonyl (C=O) groups is 2. The smallest absolute Gasteiger partial charge is 0.314 e. The minimum Gasteiger partial charge on any atom is -0.372 e. The number of carbonyl (C=O) groups excluding carboxylic acids is 2. The third-order valence-electron chi connectivity index (χ3n) is 4.58. The van der Waals surface area contributed by atoms with E-state index in [1.165, 1.54) is 37.1 Å². The van der Waals surface area contributed by atoms with Crippen LogP contribution in [0.4, 0.5) is 21.5 Å². The van der Waals surface area contributed by atoms with Gasteiger partial charge in [-0.3, -0.25) is 9.59 Å². The molecule has 0 aromatic heterocycles. The molecule has 136 valence electrons. The molecule has 0 saturated carbocycles. The van der Waals surface area contributed by atoms with Crippen molar-refractivity contribution in [2.24, 2.45) is 5.92 Å². The summed E-state index contributed by atoms with van der Waals surface area (Å²) in [5.41, 5.74) is 2.03. The number of rotatable bonds is 3. The first-order valence-electron chi connectivity index (χ1n) is 8.74. The summed E-state index contributed by atoms with van der Waals surface area (Å²) < 4.78 is 12.9. The molecule has 0 radical (unpaired) electrons. The minimum atomic E-state index is -0.800. The van der Waals surface area contributed by atoms with Gasteiger partial charge in [-0.05, 0) is 67.3 Å². The van der Waals surface area contributed by atoms with Crippen molar-refractivity contribution in [1.29, 1.82) is 0 Å². The molecule has 2 aromatic carbocycles. The summed E-state index contributed by atoms with van der Waals surface area (Å²) in [6, 6.07) is 12.7. The molecule has 2 N–H and O–H groups in total. The number of hydrogen-bond donors (Lipinski definition) is 2. The highest BCUT2D eigenvalue weighted by Gasteiger charge is 2.17. The summed E-state index contributed by atoms with van der Waals surface area (Å²) >= 11 is 0. The van der Waals surface area contributed by atoms with E-state index in [-0.39, 0.29) is 0 Å². The molecule has 3 rings (SSSR count). The zero-order chi connectivity index (χ0) is 18.5. The second kappa shape index (κ2) is 7.99. The Morgan fingerprint density at radius 3 is 1.85 bits per heavy atom. The lowest BCUT2D eigenvalue weighted by Crippen LogP contribution is -2.32. The maximum absolute atomic E-state index is 12.9. The van der Waals surface area contributed by atoms with Crippen molar-refractivity contribution >= 4 is 28.9 Å². The van der Waals surface area contributed by atoms with E-state index in [1.807, 2.05) is 12.1 Å². The largest absolute Gasteiger partial charge is 0.372 e. The van der Waals surface area contributed by atoms with Crippen LogP contribution in [0.1, 0.15) is 19.8 Å². The lowest BCUT2D eigenvalue weighted by Gasteiger charge is -2.32. The van der Waals surface area contributed by atoms with Gasteiger partial charge in [-0.1, -0.05) is 6.92 Å². The molecule has 1 aliphatic heterocycles. The summed E-state index contributed by atoms with van der Waals surface area (Å²) in [4.78, 5) is 26.2. The fourth-order valence-electron chi connectivity index (χ4n) is 2.93. The van der Waals surface area contributed by atoms with Crippen LogP contribution in [-0.2, 0) is 9.59 Å². The number of amides is 2. The molecule has 1 fully saturated rings. The van der Waals surface area contributed by atoms with E-state index >= 15 is 0 Å². The van der Waals surface area contributed by atoms with Crippen molar-refractivity contribution < 1.29 is 14.0 Å².